The van der Waals surface area contributed by atoms with E-state index in [0.29, 0.717) is 31.2 Å². The number of hydrogen-bond acceptors (Lipinski definition) is 7. The highest BCUT2D eigenvalue weighted by Crippen LogP contribution is 2.19. The number of hydrogen-bond donors (Lipinski definition) is 1. The van der Waals surface area contributed by atoms with Gasteiger partial charge in [-0.3, -0.25) is 14.9 Å². The van der Waals surface area contributed by atoms with Crippen molar-refractivity contribution in [2.24, 2.45) is 0 Å². The van der Waals surface area contributed by atoms with Gasteiger partial charge in [-0.1, -0.05) is 11.6 Å². The number of anilines is 1. The van der Waals surface area contributed by atoms with Gasteiger partial charge in [-0.15, -0.1) is 0 Å². The van der Waals surface area contributed by atoms with Crippen LogP contribution in [0.5, 0.6) is 0 Å². The highest BCUT2D eigenvalue weighted by Gasteiger charge is 2.18. The smallest absolute Gasteiger partial charge is 0.292 e. The van der Waals surface area contributed by atoms with E-state index in [1.807, 2.05) is 6.92 Å². The Morgan fingerprint density at radius 3 is 2.85 bits per heavy atom. The SMILES string of the molecule is CC(COC1CCOC1)Nc1cnn(-c2ccc([N+](=O)[O-])cc2)c(=O)c1Cl. The second-order valence-electron chi connectivity index (χ2n) is 6.23. The molecule has 27 heavy (non-hydrogen) atoms. The van der Waals surface area contributed by atoms with Gasteiger partial charge in [-0.25, -0.2) is 0 Å². The molecule has 1 aromatic heterocycles. The van der Waals surface area contributed by atoms with Crippen LogP contribution in [0.15, 0.2) is 35.3 Å². The standard InChI is InChI=1S/C17H19ClN4O5/c1-11(9-27-14-6-7-26-10-14)20-15-8-19-21(17(23)16(15)18)12-2-4-13(5-3-12)22(24)25/h2-5,8,11,14,20H,6-7,9-10H2,1H3. The Bertz CT molecular complexity index is 865. The zero-order chi connectivity index (χ0) is 19.4. The lowest BCUT2D eigenvalue weighted by Crippen LogP contribution is -2.28. The van der Waals surface area contributed by atoms with Crippen molar-refractivity contribution in [3.63, 3.8) is 0 Å². The van der Waals surface area contributed by atoms with Crippen LogP contribution in [0.25, 0.3) is 5.69 Å². The van der Waals surface area contributed by atoms with Crippen molar-refractivity contribution >= 4 is 23.0 Å². The number of non-ortho nitro benzene ring substituents is 1. The Labute approximate surface area is 160 Å². The van der Waals surface area contributed by atoms with Crippen LogP contribution in [0.3, 0.4) is 0 Å². The summed E-state index contributed by atoms with van der Waals surface area (Å²) in [6, 6.07) is 5.40. The summed E-state index contributed by atoms with van der Waals surface area (Å²) >= 11 is 6.20. The number of nitro benzene ring substituents is 1. The fraction of sp³-hybridized carbons (Fsp3) is 0.412. The number of aromatic nitrogens is 2. The first-order valence-corrected chi connectivity index (χ1v) is 8.82. The van der Waals surface area contributed by atoms with E-state index in [4.69, 9.17) is 21.1 Å². The summed E-state index contributed by atoms with van der Waals surface area (Å²) < 4.78 is 12.1. The molecule has 1 aliphatic heterocycles. The van der Waals surface area contributed by atoms with Gasteiger partial charge in [0.25, 0.3) is 11.2 Å². The fourth-order valence-corrected chi connectivity index (χ4v) is 2.85. The molecule has 0 spiro atoms. The van der Waals surface area contributed by atoms with E-state index in [0.717, 1.165) is 11.1 Å². The van der Waals surface area contributed by atoms with Gasteiger partial charge in [0.05, 0.1) is 41.8 Å². The molecule has 2 atom stereocenters. The molecule has 0 radical (unpaired) electrons. The lowest BCUT2D eigenvalue weighted by atomic mass is 10.3. The van der Waals surface area contributed by atoms with Crippen LogP contribution in [-0.2, 0) is 9.47 Å². The molecule has 1 fully saturated rings. The molecule has 2 aromatic rings. The van der Waals surface area contributed by atoms with Crippen LogP contribution in [0, 0.1) is 10.1 Å². The molecule has 1 aliphatic rings. The third kappa shape index (κ3) is 4.62. The minimum absolute atomic E-state index is 0.0144. The molecule has 0 saturated carbocycles. The predicted molar refractivity (Wildman–Crippen MR) is 99.8 cm³/mol. The zero-order valence-electron chi connectivity index (χ0n) is 14.6. The monoisotopic (exact) mass is 394 g/mol. The van der Waals surface area contributed by atoms with Gasteiger partial charge in [0.1, 0.15) is 5.02 Å². The normalized spacial score (nSPS) is 17.6. The Kier molecular flexibility index (Phi) is 6.04. The Morgan fingerprint density at radius 1 is 1.48 bits per heavy atom. The van der Waals surface area contributed by atoms with E-state index in [9.17, 15) is 14.9 Å². The van der Waals surface area contributed by atoms with Crippen molar-refractivity contribution in [3.05, 3.63) is 56.0 Å². The summed E-state index contributed by atoms with van der Waals surface area (Å²) in [5, 5.41) is 17.9. The highest BCUT2D eigenvalue weighted by molar-refractivity contribution is 6.32. The highest BCUT2D eigenvalue weighted by atomic mass is 35.5. The molecule has 0 bridgehead atoms. The maximum absolute atomic E-state index is 12.5. The molecule has 9 nitrogen and oxygen atoms in total. The second-order valence-corrected chi connectivity index (χ2v) is 6.60. The molecule has 3 rings (SSSR count). The van der Waals surface area contributed by atoms with E-state index in [1.54, 1.807) is 0 Å². The second kappa shape index (κ2) is 8.47. The predicted octanol–water partition coefficient (Wildman–Crippen LogP) is 2.40. The molecule has 10 heteroatoms. The van der Waals surface area contributed by atoms with Crippen LogP contribution in [0.4, 0.5) is 11.4 Å². The zero-order valence-corrected chi connectivity index (χ0v) is 15.4. The average Bonchev–Trinajstić information content (AvgIpc) is 3.18. The van der Waals surface area contributed by atoms with E-state index in [2.05, 4.69) is 10.4 Å². The number of nitrogens with zero attached hydrogens (tertiary/aromatic N) is 3. The summed E-state index contributed by atoms with van der Waals surface area (Å²) in [5.74, 6) is 0. The van der Waals surface area contributed by atoms with E-state index in [1.165, 1.54) is 30.5 Å². The van der Waals surface area contributed by atoms with Gasteiger partial charge in [0.2, 0.25) is 0 Å². The summed E-state index contributed by atoms with van der Waals surface area (Å²) in [4.78, 5) is 22.7. The summed E-state index contributed by atoms with van der Waals surface area (Å²) in [6.45, 7) is 3.66. The van der Waals surface area contributed by atoms with Crippen LogP contribution >= 0.6 is 11.6 Å². The van der Waals surface area contributed by atoms with Crippen LogP contribution in [0.2, 0.25) is 5.02 Å². The lowest BCUT2D eigenvalue weighted by molar-refractivity contribution is -0.384. The number of halogens is 1. The molecule has 0 amide bonds. The molecule has 1 aromatic carbocycles. The van der Waals surface area contributed by atoms with Crippen molar-refractivity contribution in [1.29, 1.82) is 0 Å². The minimum Gasteiger partial charge on any atom is -0.379 e. The minimum atomic E-state index is -0.521. The van der Waals surface area contributed by atoms with Crippen LogP contribution in [0.1, 0.15) is 13.3 Å². The van der Waals surface area contributed by atoms with Crippen molar-refractivity contribution in [2.75, 3.05) is 25.1 Å². The maximum Gasteiger partial charge on any atom is 0.292 e. The largest absolute Gasteiger partial charge is 0.379 e. The van der Waals surface area contributed by atoms with Gasteiger partial charge in [0, 0.05) is 24.8 Å². The third-order valence-electron chi connectivity index (χ3n) is 4.10. The van der Waals surface area contributed by atoms with Crippen molar-refractivity contribution < 1.29 is 14.4 Å². The number of benzene rings is 1. The summed E-state index contributed by atoms with van der Waals surface area (Å²) in [6.07, 6.45) is 2.42. The average molecular weight is 395 g/mol. The van der Waals surface area contributed by atoms with Gasteiger partial charge >= 0.3 is 0 Å². The van der Waals surface area contributed by atoms with E-state index >= 15 is 0 Å². The lowest BCUT2D eigenvalue weighted by Gasteiger charge is -2.18. The van der Waals surface area contributed by atoms with Crippen molar-refractivity contribution in [3.8, 4) is 5.69 Å². The first-order valence-electron chi connectivity index (χ1n) is 8.44. The Balaban J connectivity index is 1.70. The molecule has 1 N–H and O–H groups in total. The van der Waals surface area contributed by atoms with Crippen LogP contribution in [-0.4, -0.2) is 46.7 Å². The van der Waals surface area contributed by atoms with Gasteiger partial charge in [-0.05, 0) is 25.5 Å². The van der Waals surface area contributed by atoms with Crippen molar-refractivity contribution in [2.45, 2.75) is 25.5 Å². The van der Waals surface area contributed by atoms with Crippen LogP contribution < -0.4 is 10.9 Å². The maximum atomic E-state index is 12.5. The van der Waals surface area contributed by atoms with Crippen molar-refractivity contribution in [1.82, 2.24) is 9.78 Å². The molecule has 2 unspecified atom stereocenters. The molecular formula is C17H19ClN4O5. The quantitative estimate of drug-likeness (QED) is 0.567. The van der Waals surface area contributed by atoms with Gasteiger partial charge in [0.15, 0.2) is 0 Å². The first kappa shape index (κ1) is 19.3. The topological polar surface area (TPSA) is 109 Å². The Morgan fingerprint density at radius 2 is 2.22 bits per heavy atom. The summed E-state index contributed by atoms with van der Waals surface area (Å²) in [7, 11) is 0. The number of nitro groups is 1. The van der Waals surface area contributed by atoms with E-state index in [-0.39, 0.29) is 22.9 Å². The number of rotatable bonds is 7. The molecular weight excluding hydrogens is 376 g/mol. The third-order valence-corrected chi connectivity index (χ3v) is 4.46. The molecule has 0 aliphatic carbocycles. The summed E-state index contributed by atoms with van der Waals surface area (Å²) in [5.41, 5.74) is 0.195. The van der Waals surface area contributed by atoms with E-state index < -0.39 is 10.5 Å². The molecule has 1 saturated heterocycles. The number of ether oxygens (including phenoxy) is 2. The fourth-order valence-electron chi connectivity index (χ4n) is 2.66. The first-order chi connectivity index (χ1) is 13.0. The molecule has 144 valence electrons. The van der Waals surface area contributed by atoms with Gasteiger partial charge < -0.3 is 14.8 Å². The Hall–Kier alpha value is -2.49. The van der Waals surface area contributed by atoms with Gasteiger partial charge in [-0.2, -0.15) is 9.78 Å². The molecule has 2 heterocycles. The number of nitrogens with one attached hydrogen (secondary N) is 1.